The van der Waals surface area contributed by atoms with E-state index in [2.05, 4.69) is 20.8 Å². The van der Waals surface area contributed by atoms with Crippen molar-refractivity contribution in [2.45, 2.75) is 65.3 Å². The molecule has 0 unspecified atom stereocenters. The Morgan fingerprint density at radius 2 is 2.10 bits per heavy atom. The lowest BCUT2D eigenvalue weighted by Gasteiger charge is -2.44. The number of halogens is 1. The molecule has 0 N–H and O–H groups in total. The maximum atomic E-state index is 5.99. The van der Waals surface area contributed by atoms with E-state index >= 15 is 0 Å². The van der Waals surface area contributed by atoms with Gasteiger partial charge in [-0.3, -0.25) is 0 Å². The summed E-state index contributed by atoms with van der Waals surface area (Å²) in [5.41, 5.74) is 3.81. The quantitative estimate of drug-likeness (QED) is 0.551. The molecule has 0 aromatic heterocycles. The molecular weight excluding hydrogens is 272 g/mol. The molecule has 4 atom stereocenters. The van der Waals surface area contributed by atoms with Gasteiger partial charge in [0.25, 0.3) is 0 Å². The van der Waals surface area contributed by atoms with Gasteiger partial charge in [0.05, 0.1) is 18.6 Å². The average Bonchev–Trinajstić information content (AvgIpc) is 2.86. The van der Waals surface area contributed by atoms with E-state index in [-0.39, 0.29) is 12.4 Å². The van der Waals surface area contributed by atoms with Gasteiger partial charge < -0.3 is 9.47 Å². The fourth-order valence-corrected chi connectivity index (χ4v) is 4.45. The van der Waals surface area contributed by atoms with Gasteiger partial charge in [0.2, 0.25) is 0 Å². The van der Waals surface area contributed by atoms with Crippen LogP contribution in [0.15, 0.2) is 11.1 Å². The lowest BCUT2D eigenvalue weighted by Crippen LogP contribution is -2.36. The molecule has 2 nitrogen and oxygen atoms in total. The largest absolute Gasteiger partial charge is 0.350 e. The van der Waals surface area contributed by atoms with E-state index in [1.165, 1.54) is 25.7 Å². The molecule has 3 rings (SSSR count). The van der Waals surface area contributed by atoms with Crippen molar-refractivity contribution in [3.05, 3.63) is 11.1 Å². The number of rotatable bonds is 2. The van der Waals surface area contributed by atoms with Crippen molar-refractivity contribution in [1.29, 1.82) is 0 Å². The molecule has 1 saturated heterocycles. The number of hydrogen-bond donors (Lipinski definition) is 0. The second-order valence-electron chi connectivity index (χ2n) is 7.48. The van der Waals surface area contributed by atoms with E-state index in [0.717, 1.165) is 6.42 Å². The van der Waals surface area contributed by atoms with Crippen LogP contribution < -0.4 is 0 Å². The summed E-state index contributed by atoms with van der Waals surface area (Å²) in [5, 5.41) is 0. The maximum Gasteiger partial charge on any atom is 0.161 e. The van der Waals surface area contributed by atoms with E-state index in [4.69, 9.17) is 21.1 Å². The van der Waals surface area contributed by atoms with Gasteiger partial charge in [-0.15, -0.1) is 11.6 Å². The Labute approximate surface area is 127 Å². The first-order valence-corrected chi connectivity index (χ1v) is 8.59. The first-order valence-electron chi connectivity index (χ1n) is 8.05. The zero-order valence-corrected chi connectivity index (χ0v) is 13.7. The Kier molecular flexibility index (Phi) is 4.18. The van der Waals surface area contributed by atoms with Crippen molar-refractivity contribution < 1.29 is 9.47 Å². The average molecular weight is 299 g/mol. The normalized spacial score (nSPS) is 40.8. The second-order valence-corrected chi connectivity index (χ2v) is 7.79. The van der Waals surface area contributed by atoms with Crippen molar-refractivity contribution >= 4 is 11.6 Å². The van der Waals surface area contributed by atoms with E-state index < -0.39 is 0 Å². The van der Waals surface area contributed by atoms with Crippen LogP contribution in [0.3, 0.4) is 0 Å². The Morgan fingerprint density at radius 3 is 2.80 bits per heavy atom. The van der Waals surface area contributed by atoms with Crippen LogP contribution in [0.25, 0.3) is 0 Å². The third-order valence-corrected chi connectivity index (χ3v) is 5.90. The van der Waals surface area contributed by atoms with Crippen LogP contribution >= 0.6 is 11.6 Å². The molecule has 20 heavy (non-hydrogen) atoms. The summed E-state index contributed by atoms with van der Waals surface area (Å²) in [5.74, 6) is 1.69. The lowest BCUT2D eigenvalue weighted by atomic mass is 9.63. The third-order valence-electron chi connectivity index (χ3n) is 5.56. The summed E-state index contributed by atoms with van der Waals surface area (Å²) < 4.78 is 11.9. The standard InChI is InChI=1S/C17H27ClO2/c1-11-7-12-5-4-6-17(2,3)15(12)8-14(11)16-19-10-13(9-18)20-16/h11,13-14,16H,4-10H2,1-3H3/t11-,13-,14-,16+/m1/s1. The molecule has 2 aliphatic carbocycles. The molecule has 0 aromatic rings. The van der Waals surface area contributed by atoms with Crippen LogP contribution in [0.5, 0.6) is 0 Å². The van der Waals surface area contributed by atoms with Gasteiger partial charge in [0.15, 0.2) is 6.29 Å². The molecule has 0 bridgehead atoms. The third kappa shape index (κ3) is 2.67. The monoisotopic (exact) mass is 298 g/mol. The van der Waals surface area contributed by atoms with E-state index in [1.807, 2.05) is 0 Å². The predicted molar refractivity (Wildman–Crippen MR) is 81.9 cm³/mol. The van der Waals surface area contributed by atoms with Crippen LogP contribution in [-0.4, -0.2) is 24.9 Å². The van der Waals surface area contributed by atoms with Crippen LogP contribution in [0.1, 0.15) is 52.9 Å². The molecule has 0 radical (unpaired) electrons. The SMILES string of the molecule is C[C@@H]1CC2=C(C[C@H]1[C@H]1OC[C@@H](CCl)O1)C(C)(C)CCC2. The molecule has 3 heteroatoms. The summed E-state index contributed by atoms with van der Waals surface area (Å²) in [6.45, 7) is 7.84. The van der Waals surface area contributed by atoms with E-state index in [9.17, 15) is 0 Å². The minimum atomic E-state index is -0.0412. The summed E-state index contributed by atoms with van der Waals surface area (Å²) >= 11 is 5.89. The summed E-state index contributed by atoms with van der Waals surface area (Å²) in [4.78, 5) is 0. The van der Waals surface area contributed by atoms with Crippen molar-refractivity contribution in [3.63, 3.8) is 0 Å². The van der Waals surface area contributed by atoms with Crippen molar-refractivity contribution in [2.75, 3.05) is 12.5 Å². The molecular formula is C17H27ClO2. The molecule has 1 aliphatic heterocycles. The Bertz CT molecular complexity index is 402. The number of ether oxygens (including phenoxy) is 2. The summed E-state index contributed by atoms with van der Waals surface area (Å²) in [6, 6.07) is 0. The highest BCUT2D eigenvalue weighted by molar-refractivity contribution is 6.18. The van der Waals surface area contributed by atoms with Gasteiger partial charge in [-0.1, -0.05) is 31.9 Å². The minimum Gasteiger partial charge on any atom is -0.350 e. The zero-order chi connectivity index (χ0) is 14.3. The van der Waals surface area contributed by atoms with Crippen molar-refractivity contribution in [3.8, 4) is 0 Å². The Balaban J connectivity index is 1.77. The van der Waals surface area contributed by atoms with Gasteiger partial charge in [0, 0.05) is 5.92 Å². The predicted octanol–water partition coefficient (Wildman–Crippen LogP) is 4.52. The van der Waals surface area contributed by atoms with Crippen LogP contribution in [0, 0.1) is 17.3 Å². The molecule has 0 amide bonds. The smallest absolute Gasteiger partial charge is 0.161 e. The van der Waals surface area contributed by atoms with Gasteiger partial charge in [-0.2, -0.15) is 0 Å². The van der Waals surface area contributed by atoms with Crippen molar-refractivity contribution in [1.82, 2.24) is 0 Å². The molecule has 1 fully saturated rings. The summed E-state index contributed by atoms with van der Waals surface area (Å²) in [7, 11) is 0. The zero-order valence-electron chi connectivity index (χ0n) is 13.0. The van der Waals surface area contributed by atoms with Gasteiger partial charge in [-0.05, 0) is 43.4 Å². The number of hydrogen-bond acceptors (Lipinski definition) is 2. The highest BCUT2D eigenvalue weighted by Gasteiger charge is 2.42. The van der Waals surface area contributed by atoms with Gasteiger partial charge in [-0.25, -0.2) is 0 Å². The van der Waals surface area contributed by atoms with E-state index in [1.54, 1.807) is 11.1 Å². The first-order chi connectivity index (χ1) is 9.51. The molecule has 0 aromatic carbocycles. The minimum absolute atomic E-state index is 0.0412. The second kappa shape index (κ2) is 5.62. The lowest BCUT2D eigenvalue weighted by molar-refractivity contribution is -0.110. The molecule has 114 valence electrons. The van der Waals surface area contributed by atoms with Gasteiger partial charge >= 0.3 is 0 Å². The fourth-order valence-electron chi connectivity index (χ4n) is 4.29. The highest BCUT2D eigenvalue weighted by atomic mass is 35.5. The molecule has 0 spiro atoms. The van der Waals surface area contributed by atoms with Crippen LogP contribution in [-0.2, 0) is 9.47 Å². The highest BCUT2D eigenvalue weighted by Crippen LogP contribution is 2.50. The number of alkyl halides is 1. The topological polar surface area (TPSA) is 18.5 Å². The van der Waals surface area contributed by atoms with Gasteiger partial charge in [0.1, 0.15) is 0 Å². The van der Waals surface area contributed by atoms with Crippen LogP contribution in [0.4, 0.5) is 0 Å². The first kappa shape index (κ1) is 14.9. The Hall–Kier alpha value is -0.0500. The van der Waals surface area contributed by atoms with Crippen molar-refractivity contribution in [2.24, 2.45) is 17.3 Å². The van der Waals surface area contributed by atoms with Crippen LogP contribution in [0.2, 0.25) is 0 Å². The molecule has 3 aliphatic rings. The number of allylic oxidation sites excluding steroid dienone is 2. The maximum absolute atomic E-state index is 5.99. The Morgan fingerprint density at radius 1 is 1.30 bits per heavy atom. The van der Waals surface area contributed by atoms with E-state index in [0.29, 0.717) is 29.7 Å². The molecule has 1 heterocycles. The fraction of sp³-hybridized carbons (Fsp3) is 0.882. The summed E-state index contributed by atoms with van der Waals surface area (Å²) in [6.07, 6.45) is 6.43. The molecule has 0 saturated carbocycles.